The molecular weight excluding hydrogens is 989 g/mol. The van der Waals surface area contributed by atoms with Crippen LogP contribution in [0.2, 0.25) is 0 Å². The first-order chi connectivity index (χ1) is 34.5. The van der Waals surface area contributed by atoms with E-state index in [1.165, 1.54) is 34.6 Å². The lowest BCUT2D eigenvalue weighted by Crippen LogP contribution is -2.59. The van der Waals surface area contributed by atoms with E-state index in [0.717, 1.165) is 22.4 Å². The number of alkyl carbamates (subject to hydrolysis) is 1. The summed E-state index contributed by atoms with van der Waals surface area (Å²) in [5, 5.41) is 2.47. The van der Waals surface area contributed by atoms with Gasteiger partial charge < -0.3 is 47.9 Å². The first kappa shape index (κ1) is 59.4. The van der Waals surface area contributed by atoms with Crippen LogP contribution in [-0.2, 0) is 83.6 Å². The van der Waals surface area contributed by atoms with Crippen LogP contribution in [0, 0.1) is 17.8 Å². The predicted octanol–water partition coefficient (Wildman–Crippen LogP) is 7.01. The third-order valence-electron chi connectivity index (χ3n) is 10.9. The van der Waals surface area contributed by atoms with Crippen molar-refractivity contribution in [2.75, 3.05) is 33.5 Å². The number of amides is 1. The average molecular weight is 1050 g/mol. The minimum absolute atomic E-state index is 0.0321. The number of aromatic amines is 1. The van der Waals surface area contributed by atoms with Gasteiger partial charge in [0, 0.05) is 12.3 Å². The number of carbonyl (C=O) groups is 5. The molecule has 1 saturated heterocycles. The number of rotatable bonds is 27. The van der Waals surface area contributed by atoms with Crippen molar-refractivity contribution in [2.45, 2.75) is 124 Å². The Labute approximate surface area is 421 Å². The van der Waals surface area contributed by atoms with E-state index in [9.17, 15) is 38.1 Å². The Kier molecular flexibility index (Phi) is 22.6. The number of H-pyrrole nitrogens is 1. The number of phosphoric acid groups is 1. The number of hydrogen-bond acceptors (Lipinski definition) is 20. The molecular formula is C48H65FN3O20P. The number of nitrogens with zero attached hydrogens (tertiary/aromatic N) is 1. The van der Waals surface area contributed by atoms with E-state index in [4.69, 9.17) is 56.2 Å². The molecule has 1 fully saturated rings. The van der Waals surface area contributed by atoms with Crippen molar-refractivity contribution < 1.29 is 89.1 Å². The second-order valence-corrected chi connectivity index (χ2v) is 19.8. The summed E-state index contributed by atoms with van der Waals surface area (Å²) < 4.78 is 97.2. The van der Waals surface area contributed by atoms with Gasteiger partial charge in [-0.3, -0.25) is 23.7 Å². The standard InChI is InChI=1S/C48H65FN3O20P/c1-30(2)36(22-38(54)61-23-34-16-12-10-13-17-34)25-65-47(9)41(71-40(55)39(31(3)4)51-44(57)62-24-35-18-14-11-15-19-35)48(26-49,72-42(47)52-21-20-37(53)50-43(52)56)27-66-73(60,67-28-63-45(58)69-32(5)6)68-29-64-46(59)70-33(7)8/h10-21,30-33,36,39,41-42H,22-29H2,1-9H3,(H,51,57)(H,50,53,56)/t36?,39?,41-,42+,47+,48+/m0/s1. The molecule has 0 radical (unpaired) electrons. The van der Waals surface area contributed by atoms with Crippen LogP contribution < -0.4 is 16.6 Å². The highest BCUT2D eigenvalue weighted by atomic mass is 31.2. The lowest BCUT2D eigenvalue weighted by Gasteiger charge is -2.39. The quantitative estimate of drug-likeness (QED) is 0.0336. The van der Waals surface area contributed by atoms with E-state index >= 15 is 4.39 Å². The Morgan fingerprint density at radius 3 is 1.81 bits per heavy atom. The molecule has 2 N–H and O–H groups in total. The van der Waals surface area contributed by atoms with Gasteiger partial charge in [-0.2, -0.15) is 0 Å². The van der Waals surface area contributed by atoms with E-state index < -0.39 is 130 Å². The van der Waals surface area contributed by atoms with Crippen LogP contribution in [0.5, 0.6) is 0 Å². The van der Waals surface area contributed by atoms with E-state index in [2.05, 4.69) is 10.3 Å². The van der Waals surface area contributed by atoms with Crippen molar-refractivity contribution in [3.63, 3.8) is 0 Å². The summed E-state index contributed by atoms with van der Waals surface area (Å²) in [7, 11) is -5.23. The van der Waals surface area contributed by atoms with Gasteiger partial charge in [0.1, 0.15) is 25.9 Å². The first-order valence-corrected chi connectivity index (χ1v) is 24.7. The molecule has 23 nitrogen and oxygen atoms in total. The maximum Gasteiger partial charge on any atom is 0.510 e. The molecule has 0 aliphatic carbocycles. The van der Waals surface area contributed by atoms with Crippen molar-refractivity contribution in [2.24, 2.45) is 17.8 Å². The third-order valence-corrected chi connectivity index (χ3v) is 12.2. The zero-order valence-electron chi connectivity index (χ0n) is 42.1. The second-order valence-electron chi connectivity index (χ2n) is 18.1. The molecule has 1 aliphatic heterocycles. The molecule has 0 spiro atoms. The molecule has 1 amide bonds. The molecule has 404 valence electrons. The van der Waals surface area contributed by atoms with E-state index in [0.29, 0.717) is 5.56 Å². The summed E-state index contributed by atoms with van der Waals surface area (Å²) in [5.41, 5.74) is -5.53. The summed E-state index contributed by atoms with van der Waals surface area (Å²) in [6.07, 6.45) is -8.04. The number of carbonyl (C=O) groups excluding carboxylic acids is 5. The molecule has 1 aliphatic rings. The highest BCUT2D eigenvalue weighted by molar-refractivity contribution is 7.48. The van der Waals surface area contributed by atoms with Gasteiger partial charge >= 0.3 is 43.9 Å². The van der Waals surface area contributed by atoms with Gasteiger partial charge in [-0.15, -0.1) is 0 Å². The first-order valence-electron chi connectivity index (χ1n) is 23.3. The highest BCUT2D eigenvalue weighted by Crippen LogP contribution is 2.54. The molecule has 25 heteroatoms. The summed E-state index contributed by atoms with van der Waals surface area (Å²) in [6, 6.07) is 17.0. The number of alkyl halides is 1. The molecule has 1 aromatic heterocycles. The monoisotopic (exact) mass is 1050 g/mol. The number of nitrogens with one attached hydrogen (secondary N) is 2. The van der Waals surface area contributed by atoms with Gasteiger partial charge in [0.15, 0.2) is 23.5 Å². The van der Waals surface area contributed by atoms with Crippen LogP contribution in [-0.4, -0.2) is 109 Å². The van der Waals surface area contributed by atoms with Crippen LogP contribution in [0.1, 0.15) is 86.1 Å². The molecule has 0 saturated carbocycles. The van der Waals surface area contributed by atoms with Gasteiger partial charge in [0.25, 0.3) is 5.56 Å². The van der Waals surface area contributed by atoms with Gasteiger partial charge in [0.2, 0.25) is 13.6 Å². The van der Waals surface area contributed by atoms with E-state index in [-0.39, 0.29) is 32.2 Å². The number of phosphoric ester groups is 1. The van der Waals surface area contributed by atoms with E-state index in [1.54, 1.807) is 82.3 Å². The van der Waals surface area contributed by atoms with E-state index in [1.807, 2.05) is 6.07 Å². The predicted molar refractivity (Wildman–Crippen MR) is 253 cm³/mol. The molecule has 2 aromatic carbocycles. The maximum atomic E-state index is 16.4. The number of halogens is 1. The summed E-state index contributed by atoms with van der Waals surface area (Å²) in [4.78, 5) is 93.5. The highest BCUT2D eigenvalue weighted by Gasteiger charge is 2.67. The largest absolute Gasteiger partial charge is 0.510 e. The number of benzene rings is 2. The molecule has 6 atom stereocenters. The lowest BCUT2D eigenvalue weighted by molar-refractivity contribution is -0.186. The Bertz CT molecular complexity index is 2410. The average Bonchev–Trinajstić information content (AvgIpc) is 3.56. The molecule has 4 rings (SSSR count). The van der Waals surface area contributed by atoms with Crippen molar-refractivity contribution >= 4 is 38.2 Å². The molecule has 3 aromatic rings. The minimum Gasteiger partial charge on any atom is -0.461 e. The maximum absolute atomic E-state index is 16.4. The molecule has 0 bridgehead atoms. The van der Waals surface area contributed by atoms with Gasteiger partial charge in [-0.25, -0.2) is 42.0 Å². The van der Waals surface area contributed by atoms with Crippen LogP contribution in [0.3, 0.4) is 0 Å². The Balaban J connectivity index is 1.79. The van der Waals surface area contributed by atoms with Crippen LogP contribution in [0.15, 0.2) is 82.5 Å². The van der Waals surface area contributed by atoms with Crippen LogP contribution in [0.25, 0.3) is 0 Å². The summed E-state index contributed by atoms with van der Waals surface area (Å²) >= 11 is 0. The zero-order chi connectivity index (χ0) is 53.9. The zero-order valence-corrected chi connectivity index (χ0v) is 43.0. The Morgan fingerprint density at radius 2 is 1.32 bits per heavy atom. The molecule has 2 heterocycles. The van der Waals surface area contributed by atoms with Gasteiger partial charge in [-0.05, 0) is 63.5 Å². The fraction of sp³-hybridized carbons (Fsp3) is 0.562. The van der Waals surface area contributed by atoms with Crippen LogP contribution in [0.4, 0.5) is 18.8 Å². The van der Waals surface area contributed by atoms with Gasteiger partial charge in [-0.1, -0.05) is 88.4 Å². The molecule has 73 heavy (non-hydrogen) atoms. The summed E-state index contributed by atoms with van der Waals surface area (Å²) in [5.74, 6) is -3.53. The SMILES string of the molecule is CC(C)OC(=O)OCOP(=O)(OCOC(=O)OC(C)C)OC[C@@]1(CF)O[C@@H](n2ccc(=O)[nH]c2=O)[C@](C)(OCC(CC(=O)OCc2ccccc2)C(C)C)[C@@H]1OC(=O)C(NC(=O)OCc1ccccc1)C(C)C. The lowest BCUT2D eigenvalue weighted by atomic mass is 9.86. The summed E-state index contributed by atoms with van der Waals surface area (Å²) in [6.45, 7) is 8.13. The second kappa shape index (κ2) is 27.8. The Morgan fingerprint density at radius 1 is 0.767 bits per heavy atom. The molecule has 2 unspecified atom stereocenters. The van der Waals surface area contributed by atoms with Crippen molar-refractivity contribution in [1.82, 2.24) is 14.9 Å². The number of ether oxygens (including phenoxy) is 9. The number of hydrogen-bond donors (Lipinski definition) is 2. The smallest absolute Gasteiger partial charge is 0.461 e. The van der Waals surface area contributed by atoms with Gasteiger partial charge in [0.05, 0.1) is 31.8 Å². The minimum atomic E-state index is -5.23. The van der Waals surface area contributed by atoms with Crippen molar-refractivity contribution in [1.29, 1.82) is 0 Å². The van der Waals surface area contributed by atoms with Crippen molar-refractivity contribution in [3.8, 4) is 0 Å². The number of esters is 2. The third kappa shape index (κ3) is 18.1. The number of aromatic nitrogens is 2. The normalized spacial score (nSPS) is 19.5. The topological polar surface area (TPSA) is 280 Å². The fourth-order valence-electron chi connectivity index (χ4n) is 7.01. The van der Waals surface area contributed by atoms with Crippen molar-refractivity contribution in [3.05, 3.63) is 105 Å². The van der Waals surface area contributed by atoms with Crippen LogP contribution >= 0.6 is 7.82 Å². The fourth-order valence-corrected chi connectivity index (χ4v) is 7.98. The Hall–Kier alpha value is -6.17.